The lowest BCUT2D eigenvalue weighted by atomic mass is 9.90. The molecule has 4 rings (SSSR count). The highest BCUT2D eigenvalue weighted by molar-refractivity contribution is 6.31. The van der Waals surface area contributed by atoms with E-state index in [2.05, 4.69) is 77.5 Å². The highest BCUT2D eigenvalue weighted by Gasteiger charge is 2.23. The summed E-state index contributed by atoms with van der Waals surface area (Å²) in [5, 5.41) is 3.55. The maximum Gasteiger partial charge on any atom is 0.211 e. The van der Waals surface area contributed by atoms with Gasteiger partial charge in [-0.25, -0.2) is 4.98 Å². The van der Waals surface area contributed by atoms with Crippen LogP contribution in [0.15, 0.2) is 89.8 Å². The van der Waals surface area contributed by atoms with Gasteiger partial charge in [0.2, 0.25) is 6.41 Å². The van der Waals surface area contributed by atoms with E-state index >= 15 is 0 Å². The van der Waals surface area contributed by atoms with Crippen molar-refractivity contribution in [2.24, 2.45) is 5.92 Å². The summed E-state index contributed by atoms with van der Waals surface area (Å²) in [5.74, 6) is 0.741. The van der Waals surface area contributed by atoms with Crippen LogP contribution < -0.4 is 10.2 Å². The molecule has 2 aromatic rings. The molecule has 0 spiro atoms. The molecule has 1 aliphatic heterocycles. The summed E-state index contributed by atoms with van der Waals surface area (Å²) in [5.41, 5.74) is 6.30. The molecule has 1 fully saturated rings. The van der Waals surface area contributed by atoms with E-state index in [0.29, 0.717) is 12.1 Å². The molecule has 0 bridgehead atoms. The van der Waals surface area contributed by atoms with Crippen LogP contribution in [0.4, 0.5) is 5.69 Å². The van der Waals surface area contributed by atoms with Gasteiger partial charge in [0.1, 0.15) is 5.82 Å². The second-order valence-electron chi connectivity index (χ2n) is 9.70. The van der Waals surface area contributed by atoms with Crippen LogP contribution in [0.5, 0.6) is 0 Å². The zero-order valence-corrected chi connectivity index (χ0v) is 22.5. The molecule has 1 saturated heterocycles. The number of hydrogen-bond acceptors (Lipinski definition) is 4. The number of rotatable bonds is 9. The molecule has 0 saturated carbocycles. The highest BCUT2D eigenvalue weighted by atomic mass is 35.5. The molecule has 37 heavy (non-hydrogen) atoms. The second kappa shape index (κ2) is 12.2. The zero-order valence-electron chi connectivity index (χ0n) is 21.7. The lowest BCUT2D eigenvalue weighted by Gasteiger charge is -2.27. The molecule has 2 unspecified atom stereocenters. The van der Waals surface area contributed by atoms with Crippen molar-refractivity contribution < 1.29 is 4.79 Å². The number of imidazole rings is 1. The van der Waals surface area contributed by atoms with Crippen molar-refractivity contribution in [3.8, 4) is 0 Å². The van der Waals surface area contributed by atoms with Crippen molar-refractivity contribution in [2.45, 2.75) is 32.6 Å². The normalized spacial score (nSPS) is 18.4. The molecule has 2 aliphatic rings. The molecule has 7 heteroatoms. The molecule has 2 heterocycles. The third kappa shape index (κ3) is 6.25. The Balaban J connectivity index is 1.50. The van der Waals surface area contributed by atoms with E-state index < -0.39 is 0 Å². The van der Waals surface area contributed by atoms with Gasteiger partial charge < -0.3 is 20.1 Å². The van der Waals surface area contributed by atoms with Crippen molar-refractivity contribution in [1.82, 2.24) is 20.2 Å². The first-order valence-electron chi connectivity index (χ1n) is 12.8. The van der Waals surface area contributed by atoms with Crippen LogP contribution in [-0.4, -0.2) is 47.5 Å². The number of aromatic nitrogens is 2. The number of halogens is 1. The predicted molar refractivity (Wildman–Crippen MR) is 154 cm³/mol. The fraction of sp³-hybridized carbons (Fsp3) is 0.333. The quantitative estimate of drug-likeness (QED) is 0.309. The standard InChI is InChI=1S/C30H36ClN5O/c1-5-6-10-26(23(4)32-20-37)22(3)30-33-28-13-12-25(19-29(28)34-30)36-15-8-14-35(16-17-36)24-9-7-11-27(31)21(2)18-24/h5-7,9-13,19-20,22,26H,1,4,8,14-18H2,2-3H3,(H,32,37)(H,33,34)/b10-6-. The Morgan fingerprint density at radius 2 is 2.03 bits per heavy atom. The highest BCUT2D eigenvalue weighted by Crippen LogP contribution is 2.31. The van der Waals surface area contributed by atoms with Gasteiger partial charge in [0, 0.05) is 66.5 Å². The van der Waals surface area contributed by atoms with Gasteiger partial charge in [0.25, 0.3) is 0 Å². The third-order valence-corrected chi connectivity index (χ3v) is 7.66. The Bertz CT molecular complexity index is 1280. The summed E-state index contributed by atoms with van der Waals surface area (Å²) >= 11 is 6.35. The Hall–Kier alpha value is -3.51. The summed E-state index contributed by atoms with van der Waals surface area (Å²) in [6, 6.07) is 6.44. The SMILES string of the molecule is C=C/C=C\C(C(=C)NC=O)C(C)c1nc2ccc(N3CCCN(C4=CC=CC(Cl)=C(C)C4)CC3)cc2[nH]1. The van der Waals surface area contributed by atoms with Crippen molar-refractivity contribution >= 4 is 34.7 Å². The van der Waals surface area contributed by atoms with Gasteiger partial charge in [-0.05, 0) is 49.3 Å². The molecule has 0 radical (unpaired) electrons. The van der Waals surface area contributed by atoms with E-state index in [1.54, 1.807) is 6.08 Å². The number of hydrogen-bond donors (Lipinski definition) is 2. The number of carbonyl (C=O) groups excluding carboxylic acids is 1. The maximum absolute atomic E-state index is 11.0. The third-order valence-electron chi connectivity index (χ3n) is 7.21. The zero-order chi connectivity index (χ0) is 26.4. The summed E-state index contributed by atoms with van der Waals surface area (Å²) in [4.78, 5) is 24.3. The number of benzene rings is 1. The van der Waals surface area contributed by atoms with Crippen LogP contribution in [0, 0.1) is 5.92 Å². The fourth-order valence-electron chi connectivity index (χ4n) is 5.04. The molecule has 2 atom stereocenters. The number of carbonyl (C=O) groups is 1. The van der Waals surface area contributed by atoms with Gasteiger partial charge >= 0.3 is 0 Å². The number of aromatic amines is 1. The largest absolute Gasteiger partial charge is 0.373 e. The van der Waals surface area contributed by atoms with Crippen LogP contribution in [-0.2, 0) is 4.79 Å². The second-order valence-corrected chi connectivity index (χ2v) is 10.1. The molecular formula is C30H36ClN5O. The maximum atomic E-state index is 11.0. The lowest BCUT2D eigenvalue weighted by molar-refractivity contribution is -0.109. The number of fused-ring (bicyclic) bond motifs is 1. The fourth-order valence-corrected chi connectivity index (χ4v) is 5.18. The molecule has 1 amide bonds. The first-order chi connectivity index (χ1) is 17.9. The van der Waals surface area contributed by atoms with E-state index in [4.69, 9.17) is 16.6 Å². The number of nitrogens with one attached hydrogen (secondary N) is 2. The number of amides is 1. The van der Waals surface area contributed by atoms with Gasteiger partial charge in [-0.3, -0.25) is 4.79 Å². The number of nitrogens with zero attached hydrogens (tertiary/aromatic N) is 3. The van der Waals surface area contributed by atoms with Crippen LogP contribution in [0.25, 0.3) is 11.0 Å². The Kier molecular flexibility index (Phi) is 8.72. The average molecular weight is 518 g/mol. The first kappa shape index (κ1) is 26.6. The minimum atomic E-state index is -0.110. The van der Waals surface area contributed by atoms with Gasteiger partial charge in [-0.1, -0.05) is 56.0 Å². The number of anilines is 1. The van der Waals surface area contributed by atoms with Crippen LogP contribution in [0.2, 0.25) is 0 Å². The summed E-state index contributed by atoms with van der Waals surface area (Å²) in [7, 11) is 0. The van der Waals surface area contributed by atoms with Gasteiger partial charge in [-0.15, -0.1) is 0 Å². The van der Waals surface area contributed by atoms with E-state index in [1.807, 2.05) is 18.2 Å². The van der Waals surface area contributed by atoms with Gasteiger partial charge in [0.15, 0.2) is 0 Å². The van der Waals surface area contributed by atoms with Crippen molar-refractivity contribution in [2.75, 3.05) is 31.1 Å². The lowest BCUT2D eigenvalue weighted by Crippen LogP contribution is -2.30. The Morgan fingerprint density at radius 1 is 1.24 bits per heavy atom. The predicted octanol–water partition coefficient (Wildman–Crippen LogP) is 6.15. The van der Waals surface area contributed by atoms with E-state index in [0.717, 1.165) is 60.9 Å². The number of H-pyrrole nitrogens is 1. The van der Waals surface area contributed by atoms with Gasteiger partial charge in [0.05, 0.1) is 11.0 Å². The van der Waals surface area contributed by atoms with Crippen LogP contribution in [0.3, 0.4) is 0 Å². The average Bonchev–Trinajstić information content (AvgIpc) is 3.05. The topological polar surface area (TPSA) is 64.3 Å². The summed E-state index contributed by atoms with van der Waals surface area (Å²) < 4.78 is 0. The summed E-state index contributed by atoms with van der Waals surface area (Å²) in [6.07, 6.45) is 14.5. The molecule has 1 aromatic carbocycles. The summed E-state index contributed by atoms with van der Waals surface area (Å²) in [6.45, 7) is 15.9. The molecule has 1 aliphatic carbocycles. The molecule has 2 N–H and O–H groups in total. The number of allylic oxidation sites excluding steroid dienone is 8. The Morgan fingerprint density at radius 3 is 2.81 bits per heavy atom. The van der Waals surface area contributed by atoms with Crippen molar-refractivity contribution in [3.63, 3.8) is 0 Å². The molecular weight excluding hydrogens is 482 g/mol. The first-order valence-corrected chi connectivity index (χ1v) is 13.2. The van der Waals surface area contributed by atoms with Gasteiger partial charge in [-0.2, -0.15) is 0 Å². The molecule has 194 valence electrons. The van der Waals surface area contributed by atoms with Crippen LogP contribution >= 0.6 is 11.6 Å². The van der Waals surface area contributed by atoms with E-state index in [9.17, 15) is 4.79 Å². The molecule has 1 aromatic heterocycles. The smallest absolute Gasteiger partial charge is 0.211 e. The van der Waals surface area contributed by atoms with E-state index in [-0.39, 0.29) is 11.8 Å². The van der Waals surface area contributed by atoms with Crippen LogP contribution in [0.1, 0.15) is 38.4 Å². The van der Waals surface area contributed by atoms with E-state index in [1.165, 1.54) is 17.0 Å². The monoisotopic (exact) mass is 517 g/mol. The van der Waals surface area contributed by atoms with Crippen molar-refractivity contribution in [1.29, 1.82) is 0 Å². The minimum absolute atomic E-state index is 0.00773. The minimum Gasteiger partial charge on any atom is -0.373 e. The van der Waals surface area contributed by atoms with Crippen molar-refractivity contribution in [3.05, 3.63) is 95.6 Å². The molecule has 6 nitrogen and oxygen atoms in total. The Labute approximate surface area is 224 Å².